The van der Waals surface area contributed by atoms with E-state index in [1.165, 1.54) is 24.1 Å². The second-order valence-electron chi connectivity index (χ2n) is 5.46. The molecule has 1 fully saturated rings. The van der Waals surface area contributed by atoms with Gasteiger partial charge in [0.15, 0.2) is 0 Å². The lowest BCUT2D eigenvalue weighted by atomic mass is 10.0. The summed E-state index contributed by atoms with van der Waals surface area (Å²) >= 11 is 0. The Kier molecular flexibility index (Phi) is 3.64. The van der Waals surface area contributed by atoms with Gasteiger partial charge in [-0.15, -0.1) is 0 Å². The summed E-state index contributed by atoms with van der Waals surface area (Å²) in [5.74, 6) is 0.940. The number of para-hydroxylation sites is 1. The number of ether oxygens (including phenoxy) is 1. The molecule has 3 rings (SSSR count). The van der Waals surface area contributed by atoms with Crippen LogP contribution in [0.1, 0.15) is 31.4 Å². The van der Waals surface area contributed by atoms with Gasteiger partial charge in [0.25, 0.3) is 0 Å². The first kappa shape index (κ1) is 13.0. The molecule has 0 unspecified atom stereocenters. The quantitative estimate of drug-likeness (QED) is 0.816. The summed E-state index contributed by atoms with van der Waals surface area (Å²) in [6.45, 7) is 2.31. The van der Waals surface area contributed by atoms with Gasteiger partial charge in [0, 0.05) is 11.7 Å². The van der Waals surface area contributed by atoms with Gasteiger partial charge >= 0.3 is 0 Å². The first-order valence-corrected chi connectivity index (χ1v) is 7.27. The third-order valence-electron chi connectivity index (χ3n) is 4.20. The van der Waals surface area contributed by atoms with Crippen LogP contribution in [0.15, 0.2) is 54.6 Å². The molecule has 0 radical (unpaired) electrons. The zero-order valence-corrected chi connectivity index (χ0v) is 12.1. The average Bonchev–Trinajstić information content (AvgIpc) is 2.90. The third kappa shape index (κ3) is 2.38. The summed E-state index contributed by atoms with van der Waals surface area (Å²) in [5.41, 5.74) is 2.66. The molecular formula is C18H21NO. The Labute approximate surface area is 121 Å². The van der Waals surface area contributed by atoms with Crippen LogP contribution in [0.2, 0.25) is 0 Å². The van der Waals surface area contributed by atoms with E-state index in [0.717, 1.165) is 5.75 Å². The molecule has 2 atom stereocenters. The van der Waals surface area contributed by atoms with E-state index in [0.29, 0.717) is 12.1 Å². The Balaban J connectivity index is 1.95. The molecular weight excluding hydrogens is 246 g/mol. The smallest absolute Gasteiger partial charge is 0.119 e. The van der Waals surface area contributed by atoms with Gasteiger partial charge in [0.1, 0.15) is 5.75 Å². The van der Waals surface area contributed by atoms with E-state index < -0.39 is 0 Å². The maximum atomic E-state index is 5.36. The van der Waals surface area contributed by atoms with E-state index >= 15 is 0 Å². The first-order chi connectivity index (χ1) is 9.79. The molecule has 0 amide bonds. The standard InChI is InChI=1S/C18H21NO/c1-14-11-12-18(15-7-6-10-17(13-15)20-2)19(14)16-8-4-3-5-9-16/h3-10,13-14,18H,11-12H2,1-2H3/t14-,18+/m0/s1. The van der Waals surface area contributed by atoms with Crippen molar-refractivity contribution < 1.29 is 4.74 Å². The minimum atomic E-state index is 0.447. The van der Waals surface area contributed by atoms with Crippen molar-refractivity contribution >= 4 is 5.69 Å². The normalized spacial score (nSPS) is 22.0. The van der Waals surface area contributed by atoms with Crippen molar-refractivity contribution in [3.05, 3.63) is 60.2 Å². The van der Waals surface area contributed by atoms with Crippen molar-refractivity contribution in [2.24, 2.45) is 0 Å². The summed E-state index contributed by atoms with van der Waals surface area (Å²) in [6.07, 6.45) is 2.43. The van der Waals surface area contributed by atoms with Crippen LogP contribution in [0.3, 0.4) is 0 Å². The second-order valence-corrected chi connectivity index (χ2v) is 5.46. The Bertz CT molecular complexity index is 567. The van der Waals surface area contributed by atoms with Crippen LogP contribution < -0.4 is 9.64 Å². The third-order valence-corrected chi connectivity index (χ3v) is 4.20. The predicted octanol–water partition coefficient (Wildman–Crippen LogP) is 4.43. The van der Waals surface area contributed by atoms with E-state index in [-0.39, 0.29) is 0 Å². The zero-order valence-electron chi connectivity index (χ0n) is 12.1. The van der Waals surface area contributed by atoms with Gasteiger partial charge in [-0.25, -0.2) is 0 Å². The fourth-order valence-electron chi connectivity index (χ4n) is 3.20. The lowest BCUT2D eigenvalue weighted by Gasteiger charge is -2.31. The molecule has 2 aromatic rings. The van der Waals surface area contributed by atoms with Gasteiger partial charge in [0.05, 0.1) is 13.2 Å². The molecule has 0 spiro atoms. The zero-order chi connectivity index (χ0) is 13.9. The number of benzene rings is 2. The molecule has 0 aromatic heterocycles. The van der Waals surface area contributed by atoms with Crippen molar-refractivity contribution in [1.29, 1.82) is 0 Å². The molecule has 104 valence electrons. The number of hydrogen-bond acceptors (Lipinski definition) is 2. The van der Waals surface area contributed by atoms with Crippen LogP contribution in [0.25, 0.3) is 0 Å². The molecule has 20 heavy (non-hydrogen) atoms. The van der Waals surface area contributed by atoms with E-state index in [4.69, 9.17) is 4.74 Å². The molecule has 2 nitrogen and oxygen atoms in total. The van der Waals surface area contributed by atoms with Crippen molar-refractivity contribution in [3.63, 3.8) is 0 Å². The Morgan fingerprint density at radius 2 is 1.80 bits per heavy atom. The summed E-state index contributed by atoms with van der Waals surface area (Å²) < 4.78 is 5.36. The van der Waals surface area contributed by atoms with Gasteiger partial charge in [-0.05, 0) is 49.6 Å². The maximum absolute atomic E-state index is 5.36. The Morgan fingerprint density at radius 3 is 2.55 bits per heavy atom. The van der Waals surface area contributed by atoms with Crippen LogP contribution in [0.4, 0.5) is 5.69 Å². The fraction of sp³-hybridized carbons (Fsp3) is 0.333. The van der Waals surface area contributed by atoms with Crippen LogP contribution in [-0.2, 0) is 0 Å². The predicted molar refractivity (Wildman–Crippen MR) is 83.4 cm³/mol. The van der Waals surface area contributed by atoms with Gasteiger partial charge in [0.2, 0.25) is 0 Å². The lowest BCUT2D eigenvalue weighted by molar-refractivity contribution is 0.413. The van der Waals surface area contributed by atoms with Crippen LogP contribution in [0.5, 0.6) is 5.75 Å². The molecule has 0 aliphatic carbocycles. The first-order valence-electron chi connectivity index (χ1n) is 7.27. The number of methoxy groups -OCH3 is 1. The minimum Gasteiger partial charge on any atom is -0.497 e. The van der Waals surface area contributed by atoms with Crippen molar-refractivity contribution in [2.75, 3.05) is 12.0 Å². The molecule has 1 aliphatic rings. The van der Waals surface area contributed by atoms with Crippen LogP contribution >= 0.6 is 0 Å². The molecule has 0 N–H and O–H groups in total. The molecule has 0 saturated carbocycles. The Morgan fingerprint density at radius 1 is 1.00 bits per heavy atom. The molecule has 2 aromatic carbocycles. The van der Waals surface area contributed by atoms with Crippen LogP contribution in [0, 0.1) is 0 Å². The van der Waals surface area contributed by atoms with E-state index in [9.17, 15) is 0 Å². The monoisotopic (exact) mass is 267 g/mol. The Hall–Kier alpha value is -1.96. The SMILES string of the molecule is COc1cccc([C@H]2CC[C@H](C)N2c2ccccc2)c1. The number of anilines is 1. The van der Waals surface area contributed by atoms with Gasteiger partial charge < -0.3 is 9.64 Å². The van der Waals surface area contributed by atoms with Crippen molar-refractivity contribution in [1.82, 2.24) is 0 Å². The van der Waals surface area contributed by atoms with E-state index in [1.807, 2.05) is 6.07 Å². The molecule has 1 heterocycles. The highest BCUT2D eigenvalue weighted by atomic mass is 16.5. The molecule has 1 saturated heterocycles. The fourth-order valence-corrected chi connectivity index (χ4v) is 3.20. The highest BCUT2D eigenvalue weighted by Crippen LogP contribution is 2.40. The average molecular weight is 267 g/mol. The number of rotatable bonds is 3. The molecule has 1 aliphatic heterocycles. The summed E-state index contributed by atoms with van der Waals surface area (Å²) in [7, 11) is 1.73. The minimum absolute atomic E-state index is 0.447. The van der Waals surface area contributed by atoms with Crippen LogP contribution in [-0.4, -0.2) is 13.2 Å². The number of hydrogen-bond donors (Lipinski definition) is 0. The largest absolute Gasteiger partial charge is 0.497 e. The van der Waals surface area contributed by atoms with Gasteiger partial charge in [-0.1, -0.05) is 30.3 Å². The molecule has 0 bridgehead atoms. The second kappa shape index (κ2) is 5.58. The summed E-state index contributed by atoms with van der Waals surface area (Å²) in [6, 6.07) is 20.2. The highest BCUT2D eigenvalue weighted by Gasteiger charge is 2.31. The lowest BCUT2D eigenvalue weighted by Crippen LogP contribution is -2.29. The van der Waals surface area contributed by atoms with Crippen molar-refractivity contribution in [2.45, 2.75) is 31.8 Å². The molecule has 2 heteroatoms. The highest BCUT2D eigenvalue weighted by molar-refractivity contribution is 5.51. The van der Waals surface area contributed by atoms with Gasteiger partial charge in [-0.3, -0.25) is 0 Å². The van der Waals surface area contributed by atoms with E-state index in [2.05, 4.69) is 60.4 Å². The topological polar surface area (TPSA) is 12.5 Å². The van der Waals surface area contributed by atoms with Crippen molar-refractivity contribution in [3.8, 4) is 5.75 Å². The summed E-state index contributed by atoms with van der Waals surface area (Å²) in [5, 5.41) is 0. The number of nitrogens with zero attached hydrogens (tertiary/aromatic N) is 1. The maximum Gasteiger partial charge on any atom is 0.119 e. The van der Waals surface area contributed by atoms with E-state index in [1.54, 1.807) is 7.11 Å². The van der Waals surface area contributed by atoms with Gasteiger partial charge in [-0.2, -0.15) is 0 Å². The summed E-state index contributed by atoms with van der Waals surface area (Å²) in [4.78, 5) is 2.54.